The second kappa shape index (κ2) is 13.8. The van der Waals surface area contributed by atoms with E-state index in [1.165, 1.54) is 18.2 Å². The summed E-state index contributed by atoms with van der Waals surface area (Å²) in [5.41, 5.74) is 7.16. The van der Waals surface area contributed by atoms with Crippen molar-refractivity contribution in [1.29, 1.82) is 0 Å². The fourth-order valence-corrected chi connectivity index (χ4v) is 5.04. The van der Waals surface area contributed by atoms with E-state index in [9.17, 15) is 4.79 Å². The highest BCUT2D eigenvalue weighted by molar-refractivity contribution is 7.99. The monoisotopic (exact) mass is 561 g/mol. The lowest BCUT2D eigenvalue weighted by Crippen LogP contribution is -2.20. The first-order chi connectivity index (χ1) is 19.5. The Bertz CT molecular complexity index is 1460. The van der Waals surface area contributed by atoms with Crippen LogP contribution in [0.15, 0.2) is 58.8 Å². The Morgan fingerprint density at radius 3 is 2.55 bits per heavy atom. The molecule has 1 N–H and O–H groups in total. The van der Waals surface area contributed by atoms with Crippen LogP contribution in [0.4, 0.5) is 0 Å². The molecule has 0 bridgehead atoms. The molecule has 1 amide bonds. The van der Waals surface area contributed by atoms with Gasteiger partial charge in [-0.2, -0.15) is 10.2 Å². The number of hydrogen-bond acceptors (Lipinski definition) is 8. The Kier molecular flexibility index (Phi) is 9.96. The second-order valence-corrected chi connectivity index (χ2v) is 10.1. The number of nitrogens with one attached hydrogen (secondary N) is 1. The molecule has 2 aromatic carbocycles. The smallest absolute Gasteiger partial charge is 0.250 e. The largest absolute Gasteiger partial charge is 0.493 e. The van der Waals surface area contributed by atoms with Crippen LogP contribution < -0.4 is 14.9 Å². The lowest BCUT2D eigenvalue weighted by Gasteiger charge is -2.12. The van der Waals surface area contributed by atoms with Crippen molar-refractivity contribution in [1.82, 2.24) is 30.0 Å². The molecule has 0 saturated carbocycles. The molecule has 0 aliphatic carbocycles. The molecular weight excluding hydrogens is 526 g/mol. The highest BCUT2D eigenvalue weighted by Gasteiger charge is 2.19. The average Bonchev–Trinajstić information content (AvgIpc) is 3.52. The van der Waals surface area contributed by atoms with Crippen molar-refractivity contribution in [3.05, 3.63) is 65.5 Å². The van der Waals surface area contributed by atoms with E-state index in [0.717, 1.165) is 47.6 Å². The van der Waals surface area contributed by atoms with E-state index < -0.39 is 0 Å². The number of carbonyl (C=O) groups is 1. The van der Waals surface area contributed by atoms with Crippen LogP contribution in [0.3, 0.4) is 0 Å². The van der Waals surface area contributed by atoms with Gasteiger partial charge in [0, 0.05) is 29.1 Å². The van der Waals surface area contributed by atoms with Crippen molar-refractivity contribution >= 4 is 23.9 Å². The number of methoxy groups -OCH3 is 2. The molecule has 0 aliphatic heterocycles. The zero-order chi connectivity index (χ0) is 28.5. The van der Waals surface area contributed by atoms with Gasteiger partial charge < -0.3 is 9.47 Å². The third-order valence-corrected chi connectivity index (χ3v) is 7.34. The predicted molar refractivity (Wildman–Crippen MR) is 158 cm³/mol. The highest BCUT2D eigenvalue weighted by atomic mass is 32.2. The number of thioether (sulfide) groups is 1. The SMILES string of the molecule is CCCCCn1nc(C)c(/C=N\NC(=O)CSc2nnc(-c3ccc(OC)c(OC)c3)n2-c2ccccc2)c1C. The van der Waals surface area contributed by atoms with E-state index in [0.29, 0.717) is 22.5 Å². The first-order valence-electron chi connectivity index (χ1n) is 13.2. The van der Waals surface area contributed by atoms with Crippen molar-refractivity contribution in [2.75, 3.05) is 20.0 Å². The third kappa shape index (κ3) is 6.71. The van der Waals surface area contributed by atoms with Gasteiger partial charge in [-0.15, -0.1) is 10.2 Å². The Morgan fingerprint density at radius 1 is 1.05 bits per heavy atom. The average molecular weight is 562 g/mol. The summed E-state index contributed by atoms with van der Waals surface area (Å²) in [5.74, 6) is 1.70. The molecule has 0 atom stereocenters. The normalized spacial score (nSPS) is 11.2. The third-order valence-electron chi connectivity index (χ3n) is 6.42. The molecule has 10 nitrogen and oxygen atoms in total. The quantitative estimate of drug-likeness (QED) is 0.103. The molecule has 0 unspecified atom stereocenters. The fraction of sp³-hybridized carbons (Fsp3) is 0.345. The van der Waals surface area contributed by atoms with Gasteiger partial charge >= 0.3 is 0 Å². The minimum atomic E-state index is -0.248. The Balaban J connectivity index is 1.48. The van der Waals surface area contributed by atoms with Gasteiger partial charge in [-0.1, -0.05) is 49.7 Å². The van der Waals surface area contributed by atoms with Gasteiger partial charge in [0.25, 0.3) is 5.91 Å². The molecule has 0 saturated heterocycles. The molecule has 4 rings (SSSR count). The lowest BCUT2D eigenvalue weighted by molar-refractivity contribution is -0.118. The van der Waals surface area contributed by atoms with Crippen molar-refractivity contribution in [2.24, 2.45) is 5.10 Å². The maximum absolute atomic E-state index is 12.7. The number of unbranched alkanes of at least 4 members (excludes halogenated alkanes) is 2. The van der Waals surface area contributed by atoms with E-state index in [2.05, 4.69) is 32.7 Å². The molecule has 11 heteroatoms. The molecule has 0 spiro atoms. The maximum atomic E-state index is 12.7. The van der Waals surface area contributed by atoms with Crippen LogP contribution in [-0.4, -0.2) is 56.6 Å². The van der Waals surface area contributed by atoms with Crippen LogP contribution in [-0.2, 0) is 11.3 Å². The van der Waals surface area contributed by atoms with E-state index in [1.807, 2.05) is 71.6 Å². The van der Waals surface area contributed by atoms with Gasteiger partial charge in [-0.3, -0.25) is 14.0 Å². The van der Waals surface area contributed by atoms with Crippen LogP contribution >= 0.6 is 11.8 Å². The summed E-state index contributed by atoms with van der Waals surface area (Å²) in [6.07, 6.45) is 5.09. The molecular formula is C29H35N7O3S. The summed E-state index contributed by atoms with van der Waals surface area (Å²) in [6, 6.07) is 15.4. The molecule has 40 heavy (non-hydrogen) atoms. The Labute approximate surface area is 238 Å². The van der Waals surface area contributed by atoms with E-state index in [-0.39, 0.29) is 11.7 Å². The zero-order valence-corrected chi connectivity index (χ0v) is 24.4. The summed E-state index contributed by atoms with van der Waals surface area (Å²) in [7, 11) is 3.19. The summed E-state index contributed by atoms with van der Waals surface area (Å²) < 4.78 is 14.8. The van der Waals surface area contributed by atoms with Crippen LogP contribution in [0.5, 0.6) is 11.5 Å². The minimum Gasteiger partial charge on any atom is -0.493 e. The number of aromatic nitrogens is 5. The van der Waals surface area contributed by atoms with Crippen LogP contribution in [0, 0.1) is 13.8 Å². The number of rotatable bonds is 13. The number of hydrogen-bond donors (Lipinski definition) is 1. The predicted octanol–water partition coefficient (Wildman–Crippen LogP) is 5.20. The van der Waals surface area contributed by atoms with Crippen LogP contribution in [0.1, 0.15) is 43.1 Å². The number of para-hydroxylation sites is 1. The van der Waals surface area contributed by atoms with Gasteiger partial charge in [0.05, 0.1) is 31.9 Å². The van der Waals surface area contributed by atoms with Crippen molar-refractivity contribution < 1.29 is 14.3 Å². The van der Waals surface area contributed by atoms with Crippen molar-refractivity contribution in [3.63, 3.8) is 0 Å². The summed E-state index contributed by atoms with van der Waals surface area (Å²) in [6.45, 7) is 7.04. The van der Waals surface area contributed by atoms with E-state index >= 15 is 0 Å². The highest BCUT2D eigenvalue weighted by Crippen LogP contribution is 2.34. The number of ether oxygens (including phenoxy) is 2. The number of amides is 1. The minimum absolute atomic E-state index is 0.114. The summed E-state index contributed by atoms with van der Waals surface area (Å²) in [4.78, 5) is 12.7. The topological polar surface area (TPSA) is 108 Å². The van der Waals surface area contributed by atoms with Gasteiger partial charge in [0.15, 0.2) is 22.5 Å². The van der Waals surface area contributed by atoms with Crippen molar-refractivity contribution in [2.45, 2.75) is 51.7 Å². The first kappa shape index (κ1) is 28.9. The Hall–Kier alpha value is -4.12. The van der Waals surface area contributed by atoms with Crippen LogP contribution in [0.2, 0.25) is 0 Å². The molecule has 2 aromatic heterocycles. The second-order valence-electron chi connectivity index (χ2n) is 9.14. The molecule has 210 valence electrons. The van der Waals surface area contributed by atoms with Gasteiger partial charge in [0.1, 0.15) is 0 Å². The zero-order valence-electron chi connectivity index (χ0n) is 23.5. The molecule has 2 heterocycles. The molecule has 4 aromatic rings. The van der Waals surface area contributed by atoms with E-state index in [1.54, 1.807) is 20.4 Å². The molecule has 0 fully saturated rings. The van der Waals surface area contributed by atoms with E-state index in [4.69, 9.17) is 9.47 Å². The van der Waals surface area contributed by atoms with Crippen LogP contribution in [0.25, 0.3) is 17.1 Å². The number of nitrogens with zero attached hydrogens (tertiary/aromatic N) is 6. The number of benzene rings is 2. The maximum Gasteiger partial charge on any atom is 0.250 e. The van der Waals surface area contributed by atoms with Gasteiger partial charge in [-0.05, 0) is 50.6 Å². The van der Waals surface area contributed by atoms with Crippen molar-refractivity contribution in [3.8, 4) is 28.6 Å². The number of hydrazone groups is 1. The molecule has 0 aliphatic rings. The fourth-order valence-electron chi connectivity index (χ4n) is 4.29. The number of carbonyl (C=O) groups excluding carboxylic acids is 1. The van der Waals surface area contributed by atoms with Gasteiger partial charge in [0.2, 0.25) is 0 Å². The Morgan fingerprint density at radius 2 is 1.82 bits per heavy atom. The first-order valence-corrected chi connectivity index (χ1v) is 14.2. The molecule has 0 radical (unpaired) electrons. The summed E-state index contributed by atoms with van der Waals surface area (Å²) >= 11 is 1.28. The summed E-state index contributed by atoms with van der Waals surface area (Å²) in [5, 5.41) is 18.2. The lowest BCUT2D eigenvalue weighted by atomic mass is 10.2. The number of aryl methyl sites for hydroxylation is 2. The standard InChI is InChI=1S/C29H35N7O3S/c1-6-7-11-16-35-21(3)24(20(2)34-35)18-30-31-27(37)19-40-29-33-32-28(36(29)23-12-9-8-10-13-23)22-14-15-25(38-4)26(17-22)39-5/h8-10,12-15,17-18H,6-7,11,16,19H2,1-5H3,(H,31,37)/b30-18-. The van der Waals surface area contributed by atoms with Gasteiger partial charge in [-0.25, -0.2) is 5.43 Å².